The number of halogens is 2. The minimum absolute atomic E-state index is 0.0599. The van der Waals surface area contributed by atoms with E-state index in [2.05, 4.69) is 0 Å². The van der Waals surface area contributed by atoms with Gasteiger partial charge in [0.05, 0.1) is 5.75 Å². The van der Waals surface area contributed by atoms with Crippen molar-refractivity contribution < 1.29 is 12.8 Å². The predicted molar refractivity (Wildman–Crippen MR) is 69.5 cm³/mol. The van der Waals surface area contributed by atoms with Crippen LogP contribution < -0.4 is 0 Å². The van der Waals surface area contributed by atoms with Crippen LogP contribution in [0.25, 0.3) is 0 Å². The molecule has 0 radical (unpaired) electrons. The van der Waals surface area contributed by atoms with Crippen LogP contribution in [0, 0.1) is 5.82 Å². The summed E-state index contributed by atoms with van der Waals surface area (Å²) in [5, 5.41) is 0.163. The van der Waals surface area contributed by atoms with Crippen molar-refractivity contribution in [3.63, 3.8) is 0 Å². The van der Waals surface area contributed by atoms with Gasteiger partial charge in [-0.2, -0.15) is 0 Å². The third kappa shape index (κ3) is 3.02. The molecule has 0 spiro atoms. The number of benzene rings is 1. The molecule has 0 N–H and O–H groups in total. The van der Waals surface area contributed by atoms with Crippen LogP contribution in [0.1, 0.15) is 24.8 Å². The van der Waals surface area contributed by atoms with E-state index in [1.54, 1.807) is 0 Å². The van der Waals surface area contributed by atoms with Gasteiger partial charge >= 0.3 is 0 Å². The van der Waals surface area contributed by atoms with Gasteiger partial charge in [-0.05, 0) is 25.0 Å². The average molecular weight is 292 g/mol. The van der Waals surface area contributed by atoms with E-state index in [1.165, 1.54) is 22.5 Å². The average Bonchev–Trinajstić information content (AvgIpc) is 2.35. The first-order chi connectivity index (χ1) is 8.50. The Hall–Kier alpha value is -0.650. The van der Waals surface area contributed by atoms with Gasteiger partial charge in [0, 0.05) is 23.7 Å². The molecule has 1 aliphatic heterocycles. The van der Waals surface area contributed by atoms with E-state index in [-0.39, 0.29) is 16.3 Å². The van der Waals surface area contributed by atoms with Gasteiger partial charge in [-0.15, -0.1) is 0 Å². The maximum Gasteiger partial charge on any atom is 0.218 e. The number of sulfonamides is 1. The fraction of sp³-hybridized carbons (Fsp3) is 0.500. The van der Waals surface area contributed by atoms with E-state index in [0.717, 1.165) is 19.3 Å². The van der Waals surface area contributed by atoms with E-state index < -0.39 is 15.8 Å². The van der Waals surface area contributed by atoms with Crippen molar-refractivity contribution in [1.29, 1.82) is 0 Å². The fourth-order valence-electron chi connectivity index (χ4n) is 2.09. The molecular weight excluding hydrogens is 277 g/mol. The molecule has 0 bridgehead atoms. The van der Waals surface area contributed by atoms with Crippen molar-refractivity contribution >= 4 is 21.6 Å². The van der Waals surface area contributed by atoms with Crippen LogP contribution in [-0.2, 0) is 15.8 Å². The molecule has 2 rings (SSSR count). The third-order valence-electron chi connectivity index (χ3n) is 3.10. The van der Waals surface area contributed by atoms with Crippen LogP contribution in [0.4, 0.5) is 4.39 Å². The van der Waals surface area contributed by atoms with Gasteiger partial charge < -0.3 is 0 Å². The first kappa shape index (κ1) is 13.8. The molecular formula is C12H15ClFNO2S. The van der Waals surface area contributed by atoms with Gasteiger partial charge in [0.1, 0.15) is 5.82 Å². The summed E-state index contributed by atoms with van der Waals surface area (Å²) in [5.74, 6) is -0.929. The molecule has 0 atom stereocenters. The molecule has 0 saturated carbocycles. The van der Waals surface area contributed by atoms with E-state index >= 15 is 0 Å². The highest BCUT2D eigenvalue weighted by Crippen LogP contribution is 2.24. The molecule has 1 heterocycles. The zero-order valence-electron chi connectivity index (χ0n) is 9.90. The Balaban J connectivity index is 2.22. The smallest absolute Gasteiger partial charge is 0.212 e. The topological polar surface area (TPSA) is 37.4 Å². The maximum atomic E-state index is 13.6. The highest BCUT2D eigenvalue weighted by molar-refractivity contribution is 7.88. The number of rotatable bonds is 3. The molecule has 1 aliphatic rings. The summed E-state index contributed by atoms with van der Waals surface area (Å²) in [6.45, 7) is 1.04. The van der Waals surface area contributed by atoms with Gasteiger partial charge in [0.25, 0.3) is 0 Å². The van der Waals surface area contributed by atoms with Crippen molar-refractivity contribution in [2.75, 3.05) is 13.1 Å². The molecule has 0 aromatic heterocycles. The molecule has 0 aliphatic carbocycles. The van der Waals surface area contributed by atoms with Gasteiger partial charge in [0.15, 0.2) is 0 Å². The Kier molecular flexibility index (Phi) is 4.25. The molecule has 3 nitrogen and oxygen atoms in total. The standard InChI is InChI=1S/C12H15ClFNO2S/c13-11-5-4-6-12(14)10(11)9-18(16,17)15-7-2-1-3-8-15/h4-6H,1-3,7-9H2. The number of hydrogen-bond acceptors (Lipinski definition) is 2. The molecule has 1 aromatic carbocycles. The van der Waals surface area contributed by atoms with Gasteiger partial charge in [-0.1, -0.05) is 24.1 Å². The van der Waals surface area contributed by atoms with Gasteiger partial charge in [-0.3, -0.25) is 0 Å². The second-order valence-electron chi connectivity index (χ2n) is 4.42. The van der Waals surface area contributed by atoms with Crippen molar-refractivity contribution in [2.45, 2.75) is 25.0 Å². The van der Waals surface area contributed by atoms with E-state index in [9.17, 15) is 12.8 Å². The van der Waals surface area contributed by atoms with Gasteiger partial charge in [0.2, 0.25) is 10.0 Å². The second kappa shape index (κ2) is 5.55. The molecule has 18 heavy (non-hydrogen) atoms. The Bertz CT molecular complexity index is 507. The SMILES string of the molecule is O=S(=O)(Cc1c(F)cccc1Cl)N1CCCCC1. The van der Waals surface area contributed by atoms with Crippen LogP contribution in [0.5, 0.6) is 0 Å². The molecule has 6 heteroatoms. The largest absolute Gasteiger partial charge is 0.218 e. The lowest BCUT2D eigenvalue weighted by Gasteiger charge is -2.26. The van der Waals surface area contributed by atoms with E-state index in [0.29, 0.717) is 13.1 Å². The van der Waals surface area contributed by atoms with Crippen molar-refractivity contribution in [2.24, 2.45) is 0 Å². The second-order valence-corrected chi connectivity index (χ2v) is 6.79. The zero-order valence-corrected chi connectivity index (χ0v) is 11.5. The van der Waals surface area contributed by atoms with Crippen LogP contribution in [0.3, 0.4) is 0 Å². The Labute approximate surface area is 112 Å². The van der Waals surface area contributed by atoms with E-state index in [1.807, 2.05) is 0 Å². The zero-order chi connectivity index (χ0) is 13.2. The van der Waals surface area contributed by atoms with Crippen molar-refractivity contribution in [3.8, 4) is 0 Å². The minimum atomic E-state index is -3.47. The maximum absolute atomic E-state index is 13.6. The van der Waals surface area contributed by atoms with Crippen LogP contribution in [-0.4, -0.2) is 25.8 Å². The Morgan fingerprint density at radius 3 is 2.50 bits per heavy atom. The molecule has 0 amide bonds. The molecule has 100 valence electrons. The number of hydrogen-bond donors (Lipinski definition) is 0. The summed E-state index contributed by atoms with van der Waals surface area (Å²) in [4.78, 5) is 0. The highest BCUT2D eigenvalue weighted by Gasteiger charge is 2.26. The summed E-state index contributed by atoms with van der Waals surface area (Å²) in [7, 11) is -3.47. The lowest BCUT2D eigenvalue weighted by atomic mass is 10.2. The third-order valence-corrected chi connectivity index (χ3v) is 5.26. The fourth-order valence-corrected chi connectivity index (χ4v) is 4.05. The normalized spacial score (nSPS) is 17.9. The summed E-state index contributed by atoms with van der Waals surface area (Å²) in [5.41, 5.74) is 0.0599. The van der Waals surface area contributed by atoms with Crippen molar-refractivity contribution in [1.82, 2.24) is 4.31 Å². The van der Waals surface area contributed by atoms with Crippen LogP contribution >= 0.6 is 11.6 Å². The van der Waals surface area contributed by atoms with Crippen LogP contribution in [0.2, 0.25) is 5.02 Å². The summed E-state index contributed by atoms with van der Waals surface area (Å²) in [6, 6.07) is 4.20. The Morgan fingerprint density at radius 2 is 1.89 bits per heavy atom. The quantitative estimate of drug-likeness (QED) is 0.859. The number of nitrogens with zero attached hydrogens (tertiary/aromatic N) is 1. The van der Waals surface area contributed by atoms with E-state index in [4.69, 9.17) is 11.6 Å². The first-order valence-corrected chi connectivity index (χ1v) is 7.90. The summed E-state index contributed by atoms with van der Waals surface area (Å²) in [6.07, 6.45) is 2.78. The summed E-state index contributed by atoms with van der Waals surface area (Å²) < 4.78 is 39.3. The molecule has 1 saturated heterocycles. The van der Waals surface area contributed by atoms with Crippen LogP contribution in [0.15, 0.2) is 18.2 Å². The lowest BCUT2D eigenvalue weighted by Crippen LogP contribution is -2.36. The highest BCUT2D eigenvalue weighted by atomic mass is 35.5. The Morgan fingerprint density at radius 1 is 1.22 bits per heavy atom. The first-order valence-electron chi connectivity index (χ1n) is 5.91. The molecule has 0 unspecified atom stereocenters. The van der Waals surface area contributed by atoms with Crippen molar-refractivity contribution in [3.05, 3.63) is 34.6 Å². The molecule has 1 aromatic rings. The van der Waals surface area contributed by atoms with Gasteiger partial charge in [-0.25, -0.2) is 17.1 Å². The number of piperidine rings is 1. The predicted octanol–water partition coefficient (Wildman–Crippen LogP) is 2.79. The minimum Gasteiger partial charge on any atom is -0.212 e. The lowest BCUT2D eigenvalue weighted by molar-refractivity contribution is 0.346. The molecule has 1 fully saturated rings. The summed E-state index contributed by atoms with van der Waals surface area (Å²) >= 11 is 5.85. The monoisotopic (exact) mass is 291 g/mol.